The highest BCUT2D eigenvalue weighted by Gasteiger charge is 2.36. The quantitative estimate of drug-likeness (QED) is 0.350. The molecular formula is C21H20F3N5O5S2. The molecule has 0 aliphatic heterocycles. The first-order valence-electron chi connectivity index (χ1n) is 10.3. The lowest BCUT2D eigenvalue weighted by Gasteiger charge is -2.12. The van der Waals surface area contributed by atoms with Crippen LogP contribution < -0.4 is 9.92 Å². The fourth-order valence-electron chi connectivity index (χ4n) is 3.52. The Balaban J connectivity index is 2.11. The Morgan fingerprint density at radius 2 is 1.67 bits per heavy atom. The summed E-state index contributed by atoms with van der Waals surface area (Å²) >= 11 is 0. The molecule has 10 nitrogen and oxygen atoms in total. The predicted molar refractivity (Wildman–Crippen MR) is 127 cm³/mol. The van der Waals surface area contributed by atoms with Gasteiger partial charge in [-0.15, -0.1) is 0 Å². The Bertz CT molecular complexity index is 1680. The zero-order valence-electron chi connectivity index (χ0n) is 19.0. The number of alkyl halides is 3. The topological polar surface area (TPSA) is 150 Å². The number of aromatic amines is 1. The minimum Gasteiger partial charge on any atom is -0.380 e. The van der Waals surface area contributed by atoms with E-state index < -0.39 is 49.1 Å². The number of halogens is 3. The molecule has 0 amide bonds. The van der Waals surface area contributed by atoms with Gasteiger partial charge in [0.05, 0.1) is 28.4 Å². The molecule has 0 aliphatic carbocycles. The summed E-state index contributed by atoms with van der Waals surface area (Å²) in [6, 6.07) is 10.3. The van der Waals surface area contributed by atoms with Gasteiger partial charge < -0.3 is 14.9 Å². The molecule has 4 rings (SSSR count). The van der Waals surface area contributed by atoms with Crippen LogP contribution in [0.15, 0.2) is 42.5 Å². The van der Waals surface area contributed by atoms with Gasteiger partial charge in [-0.2, -0.15) is 21.6 Å². The number of aromatic nitrogens is 4. The summed E-state index contributed by atoms with van der Waals surface area (Å²) in [5.74, 6) is -2.20. The minimum atomic E-state index is -4.83. The van der Waals surface area contributed by atoms with E-state index in [1.165, 1.54) is 19.9 Å². The van der Waals surface area contributed by atoms with Crippen molar-refractivity contribution >= 4 is 37.1 Å². The van der Waals surface area contributed by atoms with Gasteiger partial charge in [0, 0.05) is 11.1 Å². The molecule has 0 bridgehead atoms. The Kier molecular flexibility index (Phi) is 6.03. The first kappa shape index (κ1) is 25.5. The van der Waals surface area contributed by atoms with Gasteiger partial charge in [0.1, 0.15) is 5.52 Å². The molecular weight excluding hydrogens is 523 g/mol. The van der Waals surface area contributed by atoms with E-state index in [1.54, 1.807) is 30.3 Å². The predicted octanol–water partition coefficient (Wildman–Crippen LogP) is 3.62. The molecule has 0 atom stereocenters. The van der Waals surface area contributed by atoms with Crippen LogP contribution in [0.3, 0.4) is 0 Å². The maximum atomic E-state index is 13.6. The molecule has 0 fully saturated rings. The molecule has 2 heterocycles. The van der Waals surface area contributed by atoms with Crippen LogP contribution in [-0.4, -0.2) is 47.3 Å². The summed E-state index contributed by atoms with van der Waals surface area (Å²) in [5.41, 5.74) is 5.52. The number of anilines is 1. The van der Waals surface area contributed by atoms with Crippen molar-refractivity contribution in [3.05, 3.63) is 48.3 Å². The molecule has 0 unspecified atom stereocenters. The number of nitrogen functional groups attached to an aromatic ring is 1. The molecule has 15 heteroatoms. The highest BCUT2D eigenvalue weighted by Crippen LogP contribution is 2.40. The van der Waals surface area contributed by atoms with Crippen LogP contribution in [0.2, 0.25) is 0 Å². The van der Waals surface area contributed by atoms with Crippen molar-refractivity contribution in [1.82, 2.24) is 18.9 Å². The summed E-state index contributed by atoms with van der Waals surface area (Å²) in [5, 5.41) is -0.956. The third-order valence-corrected chi connectivity index (χ3v) is 7.67. The maximum absolute atomic E-state index is 13.6. The van der Waals surface area contributed by atoms with Crippen LogP contribution in [-0.2, 0) is 26.3 Å². The van der Waals surface area contributed by atoms with Gasteiger partial charge in [0.15, 0.2) is 5.75 Å². The molecule has 0 saturated carbocycles. The molecule has 2 aromatic heterocycles. The monoisotopic (exact) mass is 543 g/mol. The Labute approximate surface area is 204 Å². The van der Waals surface area contributed by atoms with Gasteiger partial charge in [-0.3, -0.25) is 0 Å². The zero-order valence-corrected chi connectivity index (χ0v) is 20.7. The third kappa shape index (κ3) is 4.63. The number of H-pyrrole nitrogens is 1. The number of rotatable bonds is 6. The van der Waals surface area contributed by atoms with Crippen molar-refractivity contribution in [2.75, 3.05) is 12.0 Å². The Hall–Kier alpha value is -3.59. The lowest BCUT2D eigenvalue weighted by atomic mass is 10.0. The van der Waals surface area contributed by atoms with Crippen LogP contribution in [0.25, 0.3) is 33.5 Å². The average Bonchev–Trinajstić information content (AvgIpc) is 3.34. The van der Waals surface area contributed by atoms with Crippen molar-refractivity contribution in [1.29, 1.82) is 0 Å². The summed E-state index contributed by atoms with van der Waals surface area (Å²) in [6.07, 6.45) is -4.08. The van der Waals surface area contributed by atoms with Crippen molar-refractivity contribution < 1.29 is 34.2 Å². The molecule has 36 heavy (non-hydrogen) atoms. The Morgan fingerprint density at radius 1 is 1.03 bits per heavy atom. The summed E-state index contributed by atoms with van der Waals surface area (Å²) < 4.78 is 96.3. The molecule has 0 aliphatic rings. The fourth-order valence-corrected chi connectivity index (χ4v) is 5.11. The number of hydrogen-bond donors (Lipinski definition) is 2. The van der Waals surface area contributed by atoms with E-state index in [4.69, 9.17) is 9.92 Å². The van der Waals surface area contributed by atoms with Crippen LogP contribution in [0.4, 0.5) is 19.1 Å². The molecule has 0 radical (unpaired) electrons. The molecule has 0 saturated heterocycles. The van der Waals surface area contributed by atoms with Gasteiger partial charge >= 0.3 is 16.3 Å². The number of nitrogens with one attached hydrogen (secondary N) is 1. The van der Waals surface area contributed by atoms with Crippen molar-refractivity contribution in [2.45, 2.75) is 25.3 Å². The van der Waals surface area contributed by atoms with E-state index in [1.807, 2.05) is 0 Å². The highest BCUT2D eigenvalue weighted by molar-refractivity contribution is 7.90. The average molecular weight is 544 g/mol. The van der Waals surface area contributed by atoms with Gasteiger partial charge in [-0.1, -0.05) is 30.3 Å². The van der Waals surface area contributed by atoms with Gasteiger partial charge in [-0.05, 0) is 26.0 Å². The Morgan fingerprint density at radius 3 is 2.22 bits per heavy atom. The van der Waals surface area contributed by atoms with E-state index in [9.17, 15) is 30.0 Å². The number of imidazole rings is 2. The zero-order chi connectivity index (χ0) is 26.6. The van der Waals surface area contributed by atoms with Gasteiger partial charge in [0.25, 0.3) is 0 Å². The summed E-state index contributed by atoms with van der Waals surface area (Å²) in [6.45, 7) is 2.80. The van der Waals surface area contributed by atoms with Crippen LogP contribution >= 0.6 is 0 Å². The summed E-state index contributed by atoms with van der Waals surface area (Å²) in [7, 11) is -8.27. The number of fused-ring (bicyclic) bond motifs is 1. The van der Waals surface area contributed by atoms with Gasteiger partial charge in [0.2, 0.25) is 21.8 Å². The van der Waals surface area contributed by atoms with Crippen LogP contribution in [0.5, 0.6) is 5.75 Å². The number of hydrogen-bond acceptors (Lipinski definition) is 8. The second-order valence-corrected chi connectivity index (χ2v) is 12.0. The van der Waals surface area contributed by atoms with Crippen LogP contribution in [0.1, 0.15) is 19.7 Å². The fraction of sp³-hybridized carbons (Fsp3) is 0.238. The second-order valence-electron chi connectivity index (χ2n) is 8.13. The smallest absolute Gasteiger partial charge is 0.380 e. The standard InChI is InChI=1S/C21H20F3N5O5S2/c1-11(2)36(32,33)29-14-9-13(10-15(34-35(3,30)31)18(14)28-20(29)25)17-16(12-7-5-4-6-8-12)26-19(27-17)21(22,23)24/h4-11H,1-3H3,(H2,25,28)(H,26,27). The number of nitrogens with two attached hydrogens (primary N) is 1. The first-order valence-corrected chi connectivity index (χ1v) is 13.6. The normalized spacial score (nSPS) is 13.0. The maximum Gasteiger partial charge on any atom is 0.449 e. The number of nitrogens with zero attached hydrogens (tertiary/aromatic N) is 3. The number of benzene rings is 2. The van der Waals surface area contributed by atoms with Gasteiger partial charge in [-0.25, -0.2) is 22.4 Å². The summed E-state index contributed by atoms with van der Waals surface area (Å²) in [4.78, 5) is 9.94. The largest absolute Gasteiger partial charge is 0.449 e. The molecule has 4 aromatic rings. The SMILES string of the molecule is CC(C)S(=O)(=O)n1c(N)nc2c(OS(C)(=O)=O)cc(-c3nc(C(F)(F)F)[nH]c3-c3ccccc3)cc21. The molecule has 3 N–H and O–H groups in total. The lowest BCUT2D eigenvalue weighted by Crippen LogP contribution is -2.23. The van der Waals surface area contributed by atoms with Crippen molar-refractivity contribution in [3.63, 3.8) is 0 Å². The van der Waals surface area contributed by atoms with E-state index in [2.05, 4.69) is 15.0 Å². The molecule has 0 spiro atoms. The van der Waals surface area contributed by atoms with Crippen LogP contribution in [0, 0.1) is 0 Å². The van der Waals surface area contributed by atoms with E-state index >= 15 is 0 Å². The second kappa shape index (κ2) is 8.51. The highest BCUT2D eigenvalue weighted by atomic mass is 32.2. The van der Waals surface area contributed by atoms with E-state index in [0.29, 0.717) is 9.54 Å². The lowest BCUT2D eigenvalue weighted by molar-refractivity contribution is -0.144. The van der Waals surface area contributed by atoms with Crippen molar-refractivity contribution in [2.24, 2.45) is 0 Å². The minimum absolute atomic E-state index is 0.0293. The third-order valence-electron chi connectivity index (χ3n) is 5.11. The van der Waals surface area contributed by atoms with E-state index in [-0.39, 0.29) is 28.0 Å². The van der Waals surface area contributed by atoms with E-state index in [0.717, 1.165) is 12.3 Å². The molecule has 2 aromatic carbocycles. The van der Waals surface area contributed by atoms with Crippen molar-refractivity contribution in [3.8, 4) is 28.3 Å². The molecule has 192 valence electrons. The first-order chi connectivity index (χ1) is 16.6.